The second-order valence-electron chi connectivity index (χ2n) is 4.32. The van der Waals surface area contributed by atoms with Gasteiger partial charge in [0.15, 0.2) is 6.29 Å². The van der Waals surface area contributed by atoms with Crippen molar-refractivity contribution in [2.75, 3.05) is 0 Å². The van der Waals surface area contributed by atoms with Gasteiger partial charge in [0.2, 0.25) is 0 Å². The van der Waals surface area contributed by atoms with Crippen LogP contribution in [0.25, 0.3) is 0 Å². The molecule has 0 aliphatic carbocycles. The molecular weight excluding hydrogens is 240 g/mol. The van der Waals surface area contributed by atoms with Crippen LogP contribution in [-0.2, 0) is 4.74 Å². The van der Waals surface area contributed by atoms with E-state index in [0.29, 0.717) is 5.56 Å². The van der Waals surface area contributed by atoms with Crippen LogP contribution in [0.4, 0.5) is 0 Å². The van der Waals surface area contributed by atoms with Crippen molar-refractivity contribution in [3.05, 3.63) is 35.9 Å². The Morgan fingerprint density at radius 2 is 1.50 bits per heavy atom. The molecule has 1 aliphatic rings. The van der Waals surface area contributed by atoms with Crippen molar-refractivity contribution in [3.8, 4) is 0 Å². The number of aliphatic hydroxyl groups is 5. The molecule has 1 fully saturated rings. The maximum atomic E-state index is 10.0. The third-order valence-corrected chi connectivity index (χ3v) is 3.08. The van der Waals surface area contributed by atoms with Gasteiger partial charge < -0.3 is 30.3 Å². The molecule has 6 atom stereocenters. The molecule has 6 heteroatoms. The molecule has 0 saturated carbocycles. The minimum Gasteiger partial charge on any atom is -0.387 e. The normalized spacial score (nSPS) is 38.4. The minimum absolute atomic E-state index is 0.484. The molecule has 1 saturated heterocycles. The van der Waals surface area contributed by atoms with Gasteiger partial charge in [-0.15, -0.1) is 0 Å². The molecule has 0 unspecified atom stereocenters. The number of hydrogen-bond acceptors (Lipinski definition) is 6. The molecule has 1 heterocycles. The highest BCUT2D eigenvalue weighted by Crippen LogP contribution is 2.29. The monoisotopic (exact) mass is 256 g/mol. The lowest BCUT2D eigenvalue weighted by atomic mass is 9.92. The average molecular weight is 256 g/mol. The zero-order valence-corrected chi connectivity index (χ0v) is 9.50. The van der Waals surface area contributed by atoms with E-state index >= 15 is 0 Å². The Labute approximate surface area is 104 Å². The van der Waals surface area contributed by atoms with Gasteiger partial charge in [0.1, 0.15) is 30.5 Å². The van der Waals surface area contributed by atoms with Crippen molar-refractivity contribution in [2.24, 2.45) is 0 Å². The molecule has 0 bridgehead atoms. The minimum atomic E-state index is -1.65. The van der Waals surface area contributed by atoms with Gasteiger partial charge in [-0.25, -0.2) is 0 Å². The van der Waals surface area contributed by atoms with E-state index in [9.17, 15) is 25.5 Å². The molecule has 6 nitrogen and oxygen atoms in total. The first-order chi connectivity index (χ1) is 8.52. The molecule has 0 spiro atoms. The number of ether oxygens (including phenoxy) is 1. The highest BCUT2D eigenvalue weighted by molar-refractivity contribution is 5.19. The molecule has 5 N–H and O–H groups in total. The maximum Gasteiger partial charge on any atom is 0.184 e. The summed E-state index contributed by atoms with van der Waals surface area (Å²) in [5, 5.41) is 48.0. The average Bonchev–Trinajstić information content (AvgIpc) is 2.41. The molecule has 1 aromatic carbocycles. The summed E-state index contributed by atoms with van der Waals surface area (Å²) in [7, 11) is 0. The zero-order chi connectivity index (χ0) is 13.3. The summed E-state index contributed by atoms with van der Waals surface area (Å²) in [5.41, 5.74) is 0.484. The predicted molar refractivity (Wildman–Crippen MR) is 60.3 cm³/mol. The summed E-state index contributed by atoms with van der Waals surface area (Å²) < 4.78 is 4.94. The third-order valence-electron chi connectivity index (χ3n) is 3.08. The van der Waals surface area contributed by atoms with E-state index in [1.54, 1.807) is 30.3 Å². The van der Waals surface area contributed by atoms with Crippen LogP contribution in [0.1, 0.15) is 11.7 Å². The summed E-state index contributed by atoms with van der Waals surface area (Å²) >= 11 is 0. The number of hydrogen-bond donors (Lipinski definition) is 5. The van der Waals surface area contributed by atoms with Crippen LogP contribution in [0.3, 0.4) is 0 Å². The van der Waals surface area contributed by atoms with E-state index in [2.05, 4.69) is 0 Å². The van der Waals surface area contributed by atoms with Crippen LogP contribution in [0.2, 0.25) is 0 Å². The van der Waals surface area contributed by atoms with Crippen molar-refractivity contribution in [3.63, 3.8) is 0 Å². The molecular formula is C12H16O6. The maximum absolute atomic E-state index is 10.0. The zero-order valence-electron chi connectivity index (χ0n) is 9.50. The van der Waals surface area contributed by atoms with E-state index in [1.807, 2.05) is 0 Å². The molecule has 1 aliphatic heterocycles. The van der Waals surface area contributed by atoms with Gasteiger partial charge in [0.05, 0.1) is 0 Å². The van der Waals surface area contributed by atoms with Gasteiger partial charge in [0, 0.05) is 0 Å². The Kier molecular flexibility index (Phi) is 3.96. The molecule has 0 amide bonds. The standard InChI is InChI=1S/C12H16O6/c13-7(6-4-2-1-3-5-6)11-9(15)8(14)10(16)12(17)18-11/h1-5,7-17H/t7-,8-,9-,10+,11+,12+/m0/s1. The van der Waals surface area contributed by atoms with E-state index < -0.39 is 36.8 Å². The number of aliphatic hydroxyl groups excluding tert-OH is 5. The van der Waals surface area contributed by atoms with Crippen LogP contribution in [0.15, 0.2) is 30.3 Å². The van der Waals surface area contributed by atoms with Gasteiger partial charge in [-0.2, -0.15) is 0 Å². The van der Waals surface area contributed by atoms with Crippen LogP contribution >= 0.6 is 0 Å². The van der Waals surface area contributed by atoms with Crippen molar-refractivity contribution < 1.29 is 30.3 Å². The summed E-state index contributed by atoms with van der Waals surface area (Å²) in [6.07, 6.45) is -8.72. The summed E-state index contributed by atoms with van der Waals surface area (Å²) in [5.74, 6) is 0. The molecule has 100 valence electrons. The number of rotatable bonds is 2. The van der Waals surface area contributed by atoms with Gasteiger partial charge in [0.25, 0.3) is 0 Å². The van der Waals surface area contributed by atoms with E-state index in [1.165, 1.54) is 0 Å². The fourth-order valence-electron chi connectivity index (χ4n) is 1.99. The third kappa shape index (κ3) is 2.39. The van der Waals surface area contributed by atoms with E-state index in [-0.39, 0.29) is 0 Å². The van der Waals surface area contributed by atoms with E-state index in [0.717, 1.165) is 0 Å². The Hall–Kier alpha value is -1.02. The van der Waals surface area contributed by atoms with Gasteiger partial charge >= 0.3 is 0 Å². The Balaban J connectivity index is 2.18. The second kappa shape index (κ2) is 5.31. The van der Waals surface area contributed by atoms with Crippen molar-refractivity contribution in [1.82, 2.24) is 0 Å². The van der Waals surface area contributed by atoms with Gasteiger partial charge in [-0.05, 0) is 5.56 Å². The fourth-order valence-corrected chi connectivity index (χ4v) is 1.99. The number of benzene rings is 1. The van der Waals surface area contributed by atoms with Crippen molar-refractivity contribution in [1.29, 1.82) is 0 Å². The van der Waals surface area contributed by atoms with Gasteiger partial charge in [-0.1, -0.05) is 30.3 Å². The van der Waals surface area contributed by atoms with Crippen LogP contribution < -0.4 is 0 Å². The fraction of sp³-hybridized carbons (Fsp3) is 0.500. The largest absolute Gasteiger partial charge is 0.387 e. The van der Waals surface area contributed by atoms with Crippen LogP contribution in [0, 0.1) is 0 Å². The Morgan fingerprint density at radius 3 is 2.11 bits per heavy atom. The predicted octanol–water partition coefficient (Wildman–Crippen LogP) is -1.48. The highest BCUT2D eigenvalue weighted by atomic mass is 16.6. The summed E-state index contributed by atoms with van der Waals surface area (Å²) in [6.45, 7) is 0. The molecule has 2 rings (SSSR count). The van der Waals surface area contributed by atoms with Crippen molar-refractivity contribution >= 4 is 0 Å². The molecule has 18 heavy (non-hydrogen) atoms. The lowest BCUT2D eigenvalue weighted by Crippen LogP contribution is -2.58. The molecule has 1 aromatic rings. The molecule has 0 radical (unpaired) electrons. The smallest absolute Gasteiger partial charge is 0.184 e. The first-order valence-corrected chi connectivity index (χ1v) is 5.63. The van der Waals surface area contributed by atoms with Gasteiger partial charge in [-0.3, -0.25) is 0 Å². The second-order valence-corrected chi connectivity index (χ2v) is 4.32. The van der Waals surface area contributed by atoms with E-state index in [4.69, 9.17) is 4.74 Å². The lowest BCUT2D eigenvalue weighted by molar-refractivity contribution is -0.297. The molecule has 0 aromatic heterocycles. The lowest BCUT2D eigenvalue weighted by Gasteiger charge is -2.40. The first-order valence-electron chi connectivity index (χ1n) is 5.63. The Bertz CT molecular complexity index is 383. The topological polar surface area (TPSA) is 110 Å². The van der Waals surface area contributed by atoms with Crippen molar-refractivity contribution in [2.45, 2.75) is 36.8 Å². The summed E-state index contributed by atoms with van der Waals surface area (Å²) in [4.78, 5) is 0. The SMILES string of the molecule is O[C@@H]1[C@@H](O)[C@H](O)O[C@H]([C@@H](O)c2ccccc2)[C@H]1O. The first kappa shape index (κ1) is 13.4. The van der Waals surface area contributed by atoms with Crippen LogP contribution in [0.5, 0.6) is 0 Å². The van der Waals surface area contributed by atoms with Crippen LogP contribution in [-0.4, -0.2) is 56.2 Å². The Morgan fingerprint density at radius 1 is 0.889 bits per heavy atom. The quantitative estimate of drug-likeness (QED) is 0.441. The summed E-state index contributed by atoms with van der Waals surface area (Å²) in [6, 6.07) is 8.43. The highest BCUT2D eigenvalue weighted by Gasteiger charge is 2.46.